The highest BCUT2D eigenvalue weighted by Crippen LogP contribution is 2.38. The van der Waals surface area contributed by atoms with Crippen molar-refractivity contribution in [1.82, 2.24) is 5.32 Å². The van der Waals surface area contributed by atoms with Gasteiger partial charge in [-0.1, -0.05) is 32.0 Å². The van der Waals surface area contributed by atoms with Crippen molar-refractivity contribution in [2.24, 2.45) is 5.92 Å². The van der Waals surface area contributed by atoms with Crippen molar-refractivity contribution in [3.05, 3.63) is 35.4 Å². The molecule has 1 aromatic rings. The Bertz CT molecular complexity index is 472. The van der Waals surface area contributed by atoms with E-state index in [1.165, 1.54) is 12.1 Å². The fourth-order valence-electron chi connectivity index (χ4n) is 2.41. The van der Waals surface area contributed by atoms with Crippen molar-refractivity contribution in [3.63, 3.8) is 0 Å². The summed E-state index contributed by atoms with van der Waals surface area (Å²) in [5, 5.41) is 3.19. The molecule has 1 fully saturated rings. The van der Waals surface area contributed by atoms with Crippen LogP contribution in [0.5, 0.6) is 0 Å². The molecule has 1 saturated heterocycles. The van der Waals surface area contributed by atoms with Crippen molar-refractivity contribution in [3.8, 4) is 0 Å². The maximum Gasteiger partial charge on any atom is 0.416 e. The number of nitrogens with one attached hydrogen (secondary N) is 1. The van der Waals surface area contributed by atoms with E-state index in [4.69, 9.17) is 4.74 Å². The van der Waals surface area contributed by atoms with Crippen LogP contribution in [0.4, 0.5) is 13.2 Å². The number of morpholine rings is 1. The van der Waals surface area contributed by atoms with Gasteiger partial charge >= 0.3 is 6.18 Å². The van der Waals surface area contributed by atoms with Gasteiger partial charge < -0.3 is 10.1 Å². The lowest BCUT2D eigenvalue weighted by Crippen LogP contribution is -2.52. The van der Waals surface area contributed by atoms with Crippen molar-refractivity contribution in [1.29, 1.82) is 0 Å². The van der Waals surface area contributed by atoms with Crippen LogP contribution in [0.15, 0.2) is 24.3 Å². The molecule has 0 bridgehead atoms. The van der Waals surface area contributed by atoms with Crippen LogP contribution in [0, 0.1) is 5.92 Å². The maximum atomic E-state index is 13.1. The average Bonchev–Trinajstić information content (AvgIpc) is 2.37. The summed E-state index contributed by atoms with van der Waals surface area (Å²) < 4.78 is 45.2. The summed E-state index contributed by atoms with van der Waals surface area (Å²) in [7, 11) is 0. The largest absolute Gasteiger partial charge is 0.416 e. The van der Waals surface area contributed by atoms with Crippen molar-refractivity contribution in [2.75, 3.05) is 13.1 Å². The third kappa shape index (κ3) is 2.99. The van der Waals surface area contributed by atoms with E-state index < -0.39 is 23.4 Å². The summed E-state index contributed by atoms with van der Waals surface area (Å²) in [5.74, 6) is 0.218. The van der Waals surface area contributed by atoms with E-state index in [1.54, 1.807) is 6.07 Å². The Hall–Kier alpha value is -1.07. The van der Waals surface area contributed by atoms with Gasteiger partial charge in [0.25, 0.3) is 0 Å². The molecule has 0 amide bonds. The SMILES string of the molecule is CC(C)C1(C)CNCC(c2ccccc2C(F)(F)F)O1. The quantitative estimate of drug-likeness (QED) is 0.893. The van der Waals surface area contributed by atoms with Crippen LogP contribution < -0.4 is 5.32 Å². The Balaban J connectivity index is 2.33. The van der Waals surface area contributed by atoms with E-state index in [0.29, 0.717) is 13.1 Å². The van der Waals surface area contributed by atoms with Gasteiger partial charge in [-0.2, -0.15) is 13.2 Å². The number of halogens is 3. The van der Waals surface area contributed by atoms with Crippen LogP contribution >= 0.6 is 0 Å². The molecule has 2 rings (SSSR count). The minimum atomic E-state index is -4.36. The predicted octanol–water partition coefficient (Wildman–Crippen LogP) is 3.78. The Morgan fingerprint density at radius 1 is 1.30 bits per heavy atom. The lowest BCUT2D eigenvalue weighted by atomic mass is 9.89. The van der Waals surface area contributed by atoms with E-state index in [9.17, 15) is 13.2 Å². The second-order valence-corrected chi connectivity index (χ2v) is 5.79. The van der Waals surface area contributed by atoms with Gasteiger partial charge in [-0.3, -0.25) is 0 Å². The summed E-state index contributed by atoms with van der Waals surface area (Å²) in [6, 6.07) is 5.64. The second kappa shape index (κ2) is 5.37. The van der Waals surface area contributed by atoms with Gasteiger partial charge in [0.1, 0.15) is 0 Å². The summed E-state index contributed by atoms with van der Waals surface area (Å²) in [5.41, 5.74) is -0.861. The number of hydrogen-bond donors (Lipinski definition) is 1. The van der Waals surface area contributed by atoms with Gasteiger partial charge in [-0.25, -0.2) is 0 Å². The number of benzene rings is 1. The Morgan fingerprint density at radius 2 is 1.95 bits per heavy atom. The van der Waals surface area contributed by atoms with E-state index >= 15 is 0 Å². The van der Waals surface area contributed by atoms with Crippen LogP contribution in [-0.2, 0) is 10.9 Å². The van der Waals surface area contributed by atoms with Crippen LogP contribution in [-0.4, -0.2) is 18.7 Å². The van der Waals surface area contributed by atoms with E-state index in [1.807, 2.05) is 20.8 Å². The molecule has 20 heavy (non-hydrogen) atoms. The van der Waals surface area contributed by atoms with E-state index in [-0.39, 0.29) is 11.5 Å². The molecule has 1 aliphatic heterocycles. The average molecular weight is 287 g/mol. The number of alkyl halides is 3. The van der Waals surface area contributed by atoms with Crippen molar-refractivity contribution in [2.45, 2.75) is 38.7 Å². The van der Waals surface area contributed by atoms with Crippen molar-refractivity contribution >= 4 is 0 Å². The second-order valence-electron chi connectivity index (χ2n) is 5.79. The number of ether oxygens (including phenoxy) is 1. The highest BCUT2D eigenvalue weighted by molar-refractivity contribution is 5.32. The summed E-state index contributed by atoms with van der Waals surface area (Å²) >= 11 is 0. The molecule has 1 N–H and O–H groups in total. The highest BCUT2D eigenvalue weighted by Gasteiger charge is 2.40. The van der Waals surface area contributed by atoms with Crippen LogP contribution in [0.1, 0.15) is 38.0 Å². The first-order valence-electron chi connectivity index (χ1n) is 6.79. The Kier molecular flexibility index (Phi) is 4.12. The van der Waals surface area contributed by atoms with E-state index in [2.05, 4.69) is 5.32 Å². The maximum absolute atomic E-state index is 13.1. The first kappa shape index (κ1) is 15.3. The van der Waals surface area contributed by atoms with Gasteiger partial charge in [0.15, 0.2) is 0 Å². The minimum absolute atomic E-state index is 0.207. The lowest BCUT2D eigenvalue weighted by Gasteiger charge is -2.42. The molecule has 0 saturated carbocycles. The van der Waals surface area contributed by atoms with Crippen LogP contribution in [0.3, 0.4) is 0 Å². The first-order valence-corrected chi connectivity index (χ1v) is 6.79. The molecule has 0 aromatic heterocycles. The molecule has 0 spiro atoms. The first-order chi connectivity index (χ1) is 9.24. The fourth-order valence-corrected chi connectivity index (χ4v) is 2.41. The molecular weight excluding hydrogens is 267 g/mol. The predicted molar refractivity (Wildman–Crippen MR) is 71.4 cm³/mol. The third-order valence-corrected chi connectivity index (χ3v) is 4.05. The zero-order valence-corrected chi connectivity index (χ0v) is 11.9. The van der Waals surface area contributed by atoms with Gasteiger partial charge in [0, 0.05) is 13.1 Å². The highest BCUT2D eigenvalue weighted by atomic mass is 19.4. The van der Waals surface area contributed by atoms with Crippen molar-refractivity contribution < 1.29 is 17.9 Å². The smallest absolute Gasteiger partial charge is 0.364 e. The molecule has 2 unspecified atom stereocenters. The van der Waals surface area contributed by atoms with Gasteiger partial charge in [0.2, 0.25) is 0 Å². The fraction of sp³-hybridized carbons (Fsp3) is 0.600. The molecule has 1 aromatic carbocycles. The summed E-state index contributed by atoms with van der Waals surface area (Å²) in [6.45, 7) is 7.01. The Labute approximate surface area is 117 Å². The van der Waals surface area contributed by atoms with Gasteiger partial charge in [0.05, 0.1) is 17.3 Å². The minimum Gasteiger partial charge on any atom is -0.364 e. The summed E-state index contributed by atoms with van der Waals surface area (Å²) in [4.78, 5) is 0. The molecule has 0 aliphatic carbocycles. The molecule has 1 aliphatic rings. The monoisotopic (exact) mass is 287 g/mol. The van der Waals surface area contributed by atoms with Gasteiger partial charge in [-0.05, 0) is 24.5 Å². The molecule has 112 valence electrons. The molecule has 2 nitrogen and oxygen atoms in total. The van der Waals surface area contributed by atoms with Crippen LogP contribution in [0.25, 0.3) is 0 Å². The Morgan fingerprint density at radius 3 is 2.55 bits per heavy atom. The normalized spacial score (nSPS) is 27.9. The van der Waals surface area contributed by atoms with Crippen LogP contribution in [0.2, 0.25) is 0 Å². The van der Waals surface area contributed by atoms with Gasteiger partial charge in [-0.15, -0.1) is 0 Å². The zero-order chi connectivity index (χ0) is 15.0. The third-order valence-electron chi connectivity index (χ3n) is 4.05. The number of hydrogen-bond acceptors (Lipinski definition) is 2. The molecule has 1 heterocycles. The molecule has 5 heteroatoms. The standard InChI is InChI=1S/C15H20F3NO/c1-10(2)14(3)9-19-8-13(20-14)11-6-4-5-7-12(11)15(16,17)18/h4-7,10,13,19H,8-9H2,1-3H3. The molecule has 0 radical (unpaired) electrons. The zero-order valence-electron chi connectivity index (χ0n) is 11.9. The number of rotatable bonds is 2. The van der Waals surface area contributed by atoms with E-state index in [0.717, 1.165) is 6.07 Å². The molecular formula is C15H20F3NO. The topological polar surface area (TPSA) is 21.3 Å². The molecule has 2 atom stereocenters. The lowest BCUT2D eigenvalue weighted by molar-refractivity contribution is -0.150. The summed E-state index contributed by atoms with van der Waals surface area (Å²) in [6.07, 6.45) is -4.93.